The van der Waals surface area contributed by atoms with Crippen molar-refractivity contribution in [3.63, 3.8) is 0 Å². The monoisotopic (exact) mass is 239 g/mol. The minimum Gasteiger partial charge on any atom is -0.509 e. The van der Waals surface area contributed by atoms with E-state index in [1.807, 2.05) is 4.81 Å². The van der Waals surface area contributed by atoms with Gasteiger partial charge in [0, 0.05) is 0 Å². The number of piperidine rings is 1. The molecule has 2 rings (SSSR count). The Morgan fingerprint density at radius 3 is 2.47 bits per heavy atom. The van der Waals surface area contributed by atoms with Crippen LogP contribution in [-0.2, 0) is 9.53 Å². The summed E-state index contributed by atoms with van der Waals surface area (Å²) in [7, 11) is -0.479. The first kappa shape index (κ1) is 12.6. The summed E-state index contributed by atoms with van der Waals surface area (Å²) < 4.78 is 5.64. The van der Waals surface area contributed by atoms with Crippen LogP contribution in [0, 0.1) is 0 Å². The van der Waals surface area contributed by atoms with Crippen LogP contribution in [0.5, 0.6) is 0 Å². The van der Waals surface area contributed by atoms with Gasteiger partial charge in [0.15, 0.2) is 5.78 Å². The van der Waals surface area contributed by atoms with Gasteiger partial charge in [0.2, 0.25) is 0 Å². The maximum atomic E-state index is 11.3. The molecule has 0 aromatic heterocycles. The Bertz CT molecular complexity index is 358. The first-order valence-electron chi connectivity index (χ1n) is 5.96. The molecule has 2 aliphatic rings. The zero-order chi connectivity index (χ0) is 12.6. The number of rotatable bonds is 2. The Morgan fingerprint density at radius 2 is 2.06 bits per heavy atom. The number of hydrogen-bond acceptors (Lipinski definition) is 5. The topological polar surface area (TPSA) is 70.0 Å². The molecule has 17 heavy (non-hydrogen) atoms. The van der Waals surface area contributed by atoms with E-state index in [9.17, 15) is 14.9 Å². The molecule has 6 heteroatoms. The number of ketones is 1. The van der Waals surface area contributed by atoms with E-state index in [1.54, 1.807) is 6.82 Å². The molecular weight excluding hydrogens is 221 g/mol. The normalized spacial score (nSPS) is 24.4. The highest BCUT2D eigenvalue weighted by Crippen LogP contribution is 2.39. The van der Waals surface area contributed by atoms with Crippen LogP contribution in [0.1, 0.15) is 19.8 Å². The summed E-state index contributed by atoms with van der Waals surface area (Å²) in [5, 5.41) is 19.6. The predicted molar refractivity (Wildman–Crippen MR) is 63.7 cm³/mol. The molecule has 0 amide bonds. The maximum absolute atomic E-state index is 11.3. The highest BCUT2D eigenvalue weighted by atomic mass is 16.5. The molecule has 1 fully saturated rings. The highest BCUT2D eigenvalue weighted by Gasteiger charge is 2.46. The second-order valence-electron chi connectivity index (χ2n) is 4.83. The molecule has 2 heterocycles. The number of aliphatic hydroxyl groups excluding tert-OH is 1. The van der Waals surface area contributed by atoms with Gasteiger partial charge in [-0.1, -0.05) is 0 Å². The third-order valence-electron chi connectivity index (χ3n) is 3.77. The third kappa shape index (κ3) is 2.12. The molecule has 0 aliphatic carbocycles. The molecule has 5 nitrogen and oxygen atoms in total. The lowest BCUT2D eigenvalue weighted by Crippen LogP contribution is -2.50. The van der Waals surface area contributed by atoms with Crippen LogP contribution in [0.25, 0.3) is 0 Å². The SMILES string of the molecule is CB(O)N1CCC2(CC1)OCC(C(C)=O)=C2O. The molecule has 94 valence electrons. The number of ether oxygens (including phenoxy) is 1. The molecule has 2 aliphatic heterocycles. The van der Waals surface area contributed by atoms with Crippen LogP contribution in [0.2, 0.25) is 6.82 Å². The lowest BCUT2D eigenvalue weighted by atomic mass is 9.79. The van der Waals surface area contributed by atoms with Crippen molar-refractivity contribution in [3.05, 3.63) is 11.3 Å². The van der Waals surface area contributed by atoms with Gasteiger partial charge < -0.3 is 19.7 Å². The zero-order valence-electron chi connectivity index (χ0n) is 10.3. The summed E-state index contributed by atoms with van der Waals surface area (Å²) in [6, 6.07) is 0. The van der Waals surface area contributed by atoms with E-state index in [0.29, 0.717) is 31.5 Å². The van der Waals surface area contributed by atoms with Crippen LogP contribution in [-0.4, -0.2) is 53.1 Å². The average Bonchev–Trinajstić information content (AvgIpc) is 2.58. The standard InChI is InChI=1S/C11H18BNO4/c1-8(14)9-7-17-11(10(9)15)3-5-13(6-4-11)12(2)16/h15-16H,3-7H2,1-2H3. The van der Waals surface area contributed by atoms with Gasteiger partial charge in [0.05, 0.1) is 12.2 Å². The summed E-state index contributed by atoms with van der Waals surface area (Å²) in [4.78, 5) is 13.2. The average molecular weight is 239 g/mol. The molecule has 0 aromatic rings. The van der Waals surface area contributed by atoms with Gasteiger partial charge in [0.1, 0.15) is 11.4 Å². The van der Waals surface area contributed by atoms with E-state index in [2.05, 4.69) is 0 Å². The van der Waals surface area contributed by atoms with Crippen molar-refractivity contribution < 1.29 is 19.7 Å². The molecule has 0 saturated carbocycles. The van der Waals surface area contributed by atoms with Crippen molar-refractivity contribution in [2.45, 2.75) is 32.2 Å². The first-order chi connectivity index (χ1) is 7.96. The van der Waals surface area contributed by atoms with E-state index >= 15 is 0 Å². The van der Waals surface area contributed by atoms with Gasteiger partial charge >= 0.3 is 7.05 Å². The first-order valence-corrected chi connectivity index (χ1v) is 5.96. The van der Waals surface area contributed by atoms with E-state index in [-0.39, 0.29) is 18.1 Å². The van der Waals surface area contributed by atoms with Gasteiger partial charge in [-0.3, -0.25) is 4.79 Å². The van der Waals surface area contributed by atoms with Crippen molar-refractivity contribution in [1.82, 2.24) is 4.81 Å². The van der Waals surface area contributed by atoms with Crippen molar-refractivity contribution in [3.8, 4) is 0 Å². The number of aliphatic hydroxyl groups is 1. The Hall–Kier alpha value is -0.845. The Labute approximate surface area is 101 Å². The van der Waals surface area contributed by atoms with Gasteiger partial charge in [-0.15, -0.1) is 0 Å². The summed E-state index contributed by atoms with van der Waals surface area (Å²) in [5.41, 5.74) is -0.289. The summed E-state index contributed by atoms with van der Waals surface area (Å²) in [5.74, 6) is -0.0208. The molecule has 0 unspecified atom stereocenters. The number of nitrogens with zero attached hydrogens (tertiary/aromatic N) is 1. The molecule has 0 aromatic carbocycles. The van der Waals surface area contributed by atoms with Gasteiger partial charge in [-0.05, 0) is 39.7 Å². The second-order valence-corrected chi connectivity index (χ2v) is 4.83. The van der Waals surface area contributed by atoms with Crippen molar-refractivity contribution in [2.24, 2.45) is 0 Å². The van der Waals surface area contributed by atoms with Crippen LogP contribution in [0.4, 0.5) is 0 Å². The Kier molecular flexibility index (Phi) is 3.29. The van der Waals surface area contributed by atoms with Gasteiger partial charge in [0.25, 0.3) is 0 Å². The van der Waals surface area contributed by atoms with Crippen LogP contribution >= 0.6 is 0 Å². The van der Waals surface area contributed by atoms with Crippen LogP contribution in [0.15, 0.2) is 11.3 Å². The Balaban J connectivity index is 2.12. The molecule has 0 bridgehead atoms. The highest BCUT2D eigenvalue weighted by molar-refractivity contribution is 6.45. The molecular formula is C11H18BNO4. The van der Waals surface area contributed by atoms with E-state index in [4.69, 9.17) is 4.74 Å². The molecule has 0 atom stereocenters. The molecule has 1 spiro atoms. The fraction of sp³-hybridized carbons (Fsp3) is 0.727. The summed E-state index contributed by atoms with van der Waals surface area (Å²) in [6.07, 6.45) is 1.22. The second kappa shape index (κ2) is 4.44. The summed E-state index contributed by atoms with van der Waals surface area (Å²) >= 11 is 0. The molecule has 1 saturated heterocycles. The van der Waals surface area contributed by atoms with E-state index < -0.39 is 12.7 Å². The minimum absolute atomic E-state index is 0.107. The van der Waals surface area contributed by atoms with Crippen LogP contribution < -0.4 is 0 Å². The molecule has 2 N–H and O–H groups in total. The van der Waals surface area contributed by atoms with E-state index in [1.165, 1.54) is 6.92 Å². The number of carbonyl (C=O) groups excluding carboxylic acids is 1. The lowest BCUT2D eigenvalue weighted by molar-refractivity contribution is -0.114. The smallest absolute Gasteiger partial charge is 0.376 e. The van der Waals surface area contributed by atoms with E-state index in [0.717, 1.165) is 0 Å². The quantitative estimate of drug-likeness (QED) is 0.681. The number of carbonyl (C=O) groups is 1. The molecule has 0 radical (unpaired) electrons. The predicted octanol–water partition coefficient (Wildman–Crippen LogP) is 0.363. The largest absolute Gasteiger partial charge is 0.509 e. The fourth-order valence-electron chi connectivity index (χ4n) is 2.53. The van der Waals surface area contributed by atoms with Crippen LogP contribution in [0.3, 0.4) is 0 Å². The fourth-order valence-corrected chi connectivity index (χ4v) is 2.53. The number of Topliss-reactive ketones (excluding diaryl/α,β-unsaturated/α-hetero) is 1. The number of hydrogen-bond donors (Lipinski definition) is 2. The Morgan fingerprint density at radius 1 is 1.47 bits per heavy atom. The lowest BCUT2D eigenvalue weighted by Gasteiger charge is -2.39. The van der Waals surface area contributed by atoms with Crippen molar-refractivity contribution in [1.29, 1.82) is 0 Å². The maximum Gasteiger partial charge on any atom is 0.376 e. The minimum atomic E-state index is -0.688. The van der Waals surface area contributed by atoms with Crippen molar-refractivity contribution >= 4 is 12.8 Å². The third-order valence-corrected chi connectivity index (χ3v) is 3.77. The van der Waals surface area contributed by atoms with Crippen molar-refractivity contribution in [2.75, 3.05) is 19.7 Å². The zero-order valence-corrected chi connectivity index (χ0v) is 10.3. The summed E-state index contributed by atoms with van der Waals surface area (Å²) in [6.45, 7) is 4.69. The van der Waals surface area contributed by atoms with Gasteiger partial charge in [-0.2, -0.15) is 0 Å². The van der Waals surface area contributed by atoms with Gasteiger partial charge in [-0.25, -0.2) is 0 Å².